The molecule has 3 nitrogen and oxygen atoms in total. The van der Waals surface area contributed by atoms with Gasteiger partial charge < -0.3 is 5.11 Å². The van der Waals surface area contributed by atoms with Crippen LogP contribution in [0.2, 0.25) is 0 Å². The molecular formula is C12H12BrIO3. The average Bonchev–Trinajstić information content (AvgIpc) is 2.22. The van der Waals surface area contributed by atoms with Gasteiger partial charge in [0.25, 0.3) is 0 Å². The van der Waals surface area contributed by atoms with Crippen LogP contribution in [-0.2, 0) is 4.79 Å². The molecule has 5 heteroatoms. The highest BCUT2D eigenvalue weighted by molar-refractivity contribution is 14.1. The van der Waals surface area contributed by atoms with Crippen molar-refractivity contribution < 1.29 is 14.7 Å². The minimum atomic E-state index is -0.811. The van der Waals surface area contributed by atoms with Crippen molar-refractivity contribution in [2.45, 2.75) is 25.7 Å². The first-order valence-electron chi connectivity index (χ1n) is 5.20. The summed E-state index contributed by atoms with van der Waals surface area (Å²) in [7, 11) is 0. The number of unbranched alkanes of at least 4 members (excludes halogenated alkanes) is 1. The predicted molar refractivity (Wildman–Crippen MR) is 77.3 cm³/mol. The lowest BCUT2D eigenvalue weighted by atomic mass is 10.0. The van der Waals surface area contributed by atoms with Crippen molar-refractivity contribution in [3.63, 3.8) is 0 Å². The van der Waals surface area contributed by atoms with Crippen molar-refractivity contribution >= 4 is 50.3 Å². The highest BCUT2D eigenvalue weighted by Crippen LogP contribution is 2.19. The van der Waals surface area contributed by atoms with Gasteiger partial charge in [-0.15, -0.1) is 0 Å². The Bertz CT molecular complexity index is 412. The zero-order valence-corrected chi connectivity index (χ0v) is 12.8. The molecule has 0 saturated heterocycles. The van der Waals surface area contributed by atoms with E-state index in [4.69, 9.17) is 5.11 Å². The molecule has 0 amide bonds. The molecule has 0 saturated carbocycles. The molecule has 0 radical (unpaired) electrons. The highest BCUT2D eigenvalue weighted by Gasteiger charge is 2.08. The maximum Gasteiger partial charge on any atom is 0.303 e. The summed E-state index contributed by atoms with van der Waals surface area (Å²) in [6.07, 6.45) is 1.70. The van der Waals surface area contributed by atoms with E-state index in [2.05, 4.69) is 38.5 Å². The van der Waals surface area contributed by atoms with Crippen LogP contribution in [0.25, 0.3) is 0 Å². The Hall–Kier alpha value is -0.430. The van der Waals surface area contributed by atoms with Gasteiger partial charge in [0.15, 0.2) is 5.78 Å². The van der Waals surface area contributed by atoms with E-state index in [0.717, 1.165) is 8.04 Å². The standard InChI is InChI=1S/C12H12BrIO3/c13-9-5-8(6-10(14)7-9)11(15)3-1-2-4-12(16)17/h5-7H,1-4H2,(H,16,17). The molecule has 1 aromatic rings. The molecule has 0 aliphatic carbocycles. The van der Waals surface area contributed by atoms with Gasteiger partial charge in [-0.1, -0.05) is 15.9 Å². The first-order valence-corrected chi connectivity index (χ1v) is 7.07. The Morgan fingerprint density at radius 3 is 2.41 bits per heavy atom. The van der Waals surface area contributed by atoms with Gasteiger partial charge in [-0.3, -0.25) is 9.59 Å². The third-order valence-corrected chi connectivity index (χ3v) is 3.31. The molecule has 0 unspecified atom stereocenters. The van der Waals surface area contributed by atoms with E-state index in [1.54, 1.807) is 6.07 Å². The fourth-order valence-electron chi connectivity index (χ4n) is 1.42. The molecule has 0 bridgehead atoms. The maximum atomic E-state index is 11.8. The predicted octanol–water partition coefficient (Wildman–Crippen LogP) is 3.88. The second-order valence-electron chi connectivity index (χ2n) is 3.68. The van der Waals surface area contributed by atoms with Crippen molar-refractivity contribution in [3.05, 3.63) is 31.8 Å². The summed E-state index contributed by atoms with van der Waals surface area (Å²) >= 11 is 5.51. The summed E-state index contributed by atoms with van der Waals surface area (Å²) in [5.74, 6) is -0.746. The van der Waals surface area contributed by atoms with Crippen LogP contribution in [0, 0.1) is 3.57 Å². The number of hydrogen-bond acceptors (Lipinski definition) is 2. The van der Waals surface area contributed by atoms with E-state index < -0.39 is 5.97 Å². The molecule has 0 fully saturated rings. The van der Waals surface area contributed by atoms with Crippen LogP contribution >= 0.6 is 38.5 Å². The lowest BCUT2D eigenvalue weighted by Crippen LogP contribution is -2.01. The number of carbonyl (C=O) groups is 2. The summed E-state index contributed by atoms with van der Waals surface area (Å²) < 4.78 is 1.89. The van der Waals surface area contributed by atoms with Crippen molar-refractivity contribution in [3.8, 4) is 0 Å². The van der Waals surface area contributed by atoms with Crippen LogP contribution in [0.1, 0.15) is 36.0 Å². The lowest BCUT2D eigenvalue weighted by molar-refractivity contribution is -0.137. The minimum Gasteiger partial charge on any atom is -0.481 e. The van der Waals surface area contributed by atoms with Crippen LogP contribution in [0.5, 0.6) is 0 Å². The Kier molecular flexibility index (Phi) is 6.11. The Labute approximate surface area is 122 Å². The largest absolute Gasteiger partial charge is 0.481 e. The van der Waals surface area contributed by atoms with E-state index in [0.29, 0.717) is 24.8 Å². The lowest BCUT2D eigenvalue weighted by Gasteiger charge is -2.02. The average molecular weight is 411 g/mol. The van der Waals surface area contributed by atoms with E-state index in [1.165, 1.54) is 0 Å². The molecule has 1 rings (SSSR count). The number of aliphatic carboxylic acids is 1. The second-order valence-corrected chi connectivity index (χ2v) is 5.84. The van der Waals surface area contributed by atoms with Gasteiger partial charge in [0.2, 0.25) is 0 Å². The third kappa shape index (κ3) is 5.63. The second kappa shape index (κ2) is 7.10. The van der Waals surface area contributed by atoms with Gasteiger partial charge in [-0.2, -0.15) is 0 Å². The van der Waals surface area contributed by atoms with Gasteiger partial charge in [-0.25, -0.2) is 0 Å². The first-order chi connectivity index (χ1) is 7.99. The van der Waals surface area contributed by atoms with E-state index in [9.17, 15) is 9.59 Å². The monoisotopic (exact) mass is 410 g/mol. The summed E-state index contributed by atoms with van der Waals surface area (Å²) in [4.78, 5) is 22.1. The van der Waals surface area contributed by atoms with Crippen molar-refractivity contribution in [1.29, 1.82) is 0 Å². The van der Waals surface area contributed by atoms with Crippen molar-refractivity contribution in [2.75, 3.05) is 0 Å². The zero-order valence-electron chi connectivity index (χ0n) is 9.08. The van der Waals surface area contributed by atoms with Gasteiger partial charge in [0.1, 0.15) is 0 Å². The summed E-state index contributed by atoms with van der Waals surface area (Å²) in [5.41, 5.74) is 0.680. The van der Waals surface area contributed by atoms with Gasteiger partial charge in [0, 0.05) is 26.4 Å². The Balaban J connectivity index is 2.49. The summed E-state index contributed by atoms with van der Waals surface area (Å²) in [6.45, 7) is 0. The first kappa shape index (κ1) is 14.6. The maximum absolute atomic E-state index is 11.8. The number of benzene rings is 1. The van der Waals surface area contributed by atoms with E-state index >= 15 is 0 Å². The van der Waals surface area contributed by atoms with Crippen molar-refractivity contribution in [1.82, 2.24) is 0 Å². The van der Waals surface area contributed by atoms with Gasteiger partial charge >= 0.3 is 5.97 Å². The molecule has 0 aromatic heterocycles. The molecule has 17 heavy (non-hydrogen) atoms. The number of carboxylic acids is 1. The molecule has 0 spiro atoms. The molecule has 1 aromatic carbocycles. The topological polar surface area (TPSA) is 54.4 Å². The number of carbonyl (C=O) groups excluding carboxylic acids is 1. The summed E-state index contributed by atoms with van der Waals surface area (Å²) in [5, 5.41) is 8.48. The smallest absolute Gasteiger partial charge is 0.303 e. The van der Waals surface area contributed by atoms with Crippen LogP contribution in [0.4, 0.5) is 0 Å². The van der Waals surface area contributed by atoms with E-state index in [1.807, 2.05) is 12.1 Å². The SMILES string of the molecule is O=C(O)CCCCC(=O)c1cc(Br)cc(I)c1. The molecule has 0 heterocycles. The van der Waals surface area contributed by atoms with Crippen LogP contribution in [0.3, 0.4) is 0 Å². The van der Waals surface area contributed by atoms with Gasteiger partial charge in [-0.05, 0) is 53.6 Å². The summed E-state index contributed by atoms with van der Waals surface area (Å²) in [6, 6.07) is 5.56. The molecule has 0 aliphatic rings. The van der Waals surface area contributed by atoms with Crippen LogP contribution in [-0.4, -0.2) is 16.9 Å². The number of Topliss-reactive ketones (excluding diaryl/α,β-unsaturated/α-hetero) is 1. The number of hydrogen-bond donors (Lipinski definition) is 1. The fourth-order valence-corrected chi connectivity index (χ4v) is 3.01. The zero-order chi connectivity index (χ0) is 12.8. The molecule has 1 N–H and O–H groups in total. The Morgan fingerprint density at radius 2 is 1.82 bits per heavy atom. The van der Waals surface area contributed by atoms with Crippen molar-refractivity contribution in [2.24, 2.45) is 0 Å². The molecule has 92 valence electrons. The molecule has 0 aliphatic heterocycles. The normalized spacial score (nSPS) is 10.2. The molecular weight excluding hydrogens is 399 g/mol. The van der Waals surface area contributed by atoms with Crippen LogP contribution < -0.4 is 0 Å². The Morgan fingerprint density at radius 1 is 1.18 bits per heavy atom. The minimum absolute atomic E-state index is 0.0644. The highest BCUT2D eigenvalue weighted by atomic mass is 127. The number of rotatable bonds is 6. The number of ketones is 1. The number of carboxylic acid groups (broad SMARTS) is 1. The van der Waals surface area contributed by atoms with Crippen LogP contribution in [0.15, 0.2) is 22.7 Å². The van der Waals surface area contributed by atoms with Gasteiger partial charge in [0.05, 0.1) is 0 Å². The molecule has 0 atom stereocenters. The number of halogens is 2. The fraction of sp³-hybridized carbons (Fsp3) is 0.333. The van der Waals surface area contributed by atoms with E-state index in [-0.39, 0.29) is 12.2 Å². The quantitative estimate of drug-likeness (QED) is 0.439. The third-order valence-electron chi connectivity index (χ3n) is 2.23.